The molecule has 182 valence electrons. The highest BCUT2D eigenvalue weighted by molar-refractivity contribution is 5.92. The monoisotopic (exact) mass is 458 g/mol. The molecule has 0 aliphatic rings. The molecule has 32 heavy (non-hydrogen) atoms. The normalized spacial score (nSPS) is 13.4. The summed E-state index contributed by atoms with van der Waals surface area (Å²) in [6.45, 7) is 3.03. The molecule has 0 radical (unpaired) electrons. The SMILES string of the molecule is CC(C)C(NC(=O)C(CCC(N)=O)NC(=O)CNC(=O)C(N)CCCN=C(N)N)C(=O)O. The van der Waals surface area contributed by atoms with Crippen LogP contribution in [-0.2, 0) is 24.0 Å². The van der Waals surface area contributed by atoms with E-state index in [4.69, 9.17) is 22.9 Å². The van der Waals surface area contributed by atoms with Crippen LogP contribution in [0.15, 0.2) is 4.99 Å². The predicted molar refractivity (Wildman–Crippen MR) is 116 cm³/mol. The van der Waals surface area contributed by atoms with Crippen LogP contribution in [0, 0.1) is 5.92 Å². The van der Waals surface area contributed by atoms with E-state index in [1.165, 1.54) is 0 Å². The van der Waals surface area contributed by atoms with Gasteiger partial charge in [0, 0.05) is 13.0 Å². The Morgan fingerprint density at radius 2 is 1.59 bits per heavy atom. The molecule has 3 unspecified atom stereocenters. The molecule has 0 bridgehead atoms. The Morgan fingerprint density at radius 1 is 0.969 bits per heavy atom. The van der Waals surface area contributed by atoms with Gasteiger partial charge in [0.1, 0.15) is 12.1 Å². The summed E-state index contributed by atoms with van der Waals surface area (Å²) >= 11 is 0. The van der Waals surface area contributed by atoms with Crippen molar-refractivity contribution in [2.75, 3.05) is 13.1 Å². The van der Waals surface area contributed by atoms with E-state index < -0.39 is 60.2 Å². The van der Waals surface area contributed by atoms with Crippen molar-refractivity contribution in [2.45, 2.75) is 57.7 Å². The number of hydrogen-bond acceptors (Lipinski definition) is 7. The summed E-state index contributed by atoms with van der Waals surface area (Å²) in [6.07, 6.45) is 0.370. The average Bonchev–Trinajstić information content (AvgIpc) is 2.69. The van der Waals surface area contributed by atoms with Gasteiger partial charge in [-0.15, -0.1) is 0 Å². The Hall–Kier alpha value is -3.42. The molecule has 0 heterocycles. The van der Waals surface area contributed by atoms with Crippen LogP contribution in [0.25, 0.3) is 0 Å². The summed E-state index contributed by atoms with van der Waals surface area (Å²) in [6, 6.07) is -3.30. The number of guanidine groups is 1. The Bertz CT molecular complexity index is 708. The van der Waals surface area contributed by atoms with Crippen LogP contribution in [0.4, 0.5) is 0 Å². The van der Waals surface area contributed by atoms with Gasteiger partial charge in [0.15, 0.2) is 5.96 Å². The van der Waals surface area contributed by atoms with Gasteiger partial charge in [-0.05, 0) is 25.2 Å². The quantitative estimate of drug-likeness (QED) is 0.0685. The number of carbonyl (C=O) groups excluding carboxylic acids is 4. The van der Waals surface area contributed by atoms with Crippen LogP contribution in [0.2, 0.25) is 0 Å². The van der Waals surface area contributed by atoms with Gasteiger partial charge < -0.3 is 44.0 Å². The predicted octanol–water partition coefficient (Wildman–Crippen LogP) is -3.54. The van der Waals surface area contributed by atoms with E-state index in [0.29, 0.717) is 13.0 Å². The summed E-state index contributed by atoms with van der Waals surface area (Å²) in [4.78, 5) is 62.8. The molecule has 12 N–H and O–H groups in total. The van der Waals surface area contributed by atoms with Crippen molar-refractivity contribution < 1.29 is 29.1 Å². The number of nitrogens with two attached hydrogens (primary N) is 4. The Balaban J connectivity index is 4.81. The number of aliphatic carboxylic acids is 1. The highest BCUT2D eigenvalue weighted by Crippen LogP contribution is 2.05. The van der Waals surface area contributed by atoms with Crippen molar-refractivity contribution in [3.8, 4) is 0 Å². The molecule has 0 fully saturated rings. The number of hydrogen-bond donors (Lipinski definition) is 8. The fourth-order valence-electron chi connectivity index (χ4n) is 2.52. The van der Waals surface area contributed by atoms with Crippen LogP contribution in [0.5, 0.6) is 0 Å². The van der Waals surface area contributed by atoms with Gasteiger partial charge in [-0.2, -0.15) is 0 Å². The van der Waals surface area contributed by atoms with E-state index >= 15 is 0 Å². The molecule has 0 spiro atoms. The molecule has 0 aromatic rings. The standard InChI is InChI=1S/C18H34N8O6/c1-9(2)14(17(31)32)26-16(30)11(5-6-12(20)27)25-13(28)8-24-15(29)10(19)4-3-7-23-18(21)22/h9-11,14H,3-8,19H2,1-2H3,(H2,20,27)(H,24,29)(H,25,28)(H,26,30)(H,31,32)(H4,21,22,23). The molecule has 0 aliphatic heterocycles. The Kier molecular flexibility index (Phi) is 13.0. The molecular formula is C18H34N8O6. The number of primary amides is 1. The van der Waals surface area contributed by atoms with Crippen molar-refractivity contribution in [2.24, 2.45) is 33.8 Å². The summed E-state index contributed by atoms with van der Waals surface area (Å²) in [5, 5.41) is 16.2. The second kappa shape index (κ2) is 14.6. The lowest BCUT2D eigenvalue weighted by Crippen LogP contribution is -2.54. The highest BCUT2D eigenvalue weighted by Gasteiger charge is 2.28. The first-order chi connectivity index (χ1) is 14.8. The van der Waals surface area contributed by atoms with E-state index in [2.05, 4.69) is 20.9 Å². The number of nitrogens with one attached hydrogen (secondary N) is 3. The van der Waals surface area contributed by atoms with Gasteiger partial charge in [0.2, 0.25) is 23.6 Å². The molecule has 0 saturated heterocycles. The van der Waals surface area contributed by atoms with Crippen molar-refractivity contribution in [3.05, 3.63) is 0 Å². The van der Waals surface area contributed by atoms with Crippen LogP contribution in [0.3, 0.4) is 0 Å². The lowest BCUT2D eigenvalue weighted by molar-refractivity contribution is -0.143. The summed E-state index contributed by atoms with van der Waals surface area (Å²) < 4.78 is 0. The first kappa shape index (κ1) is 28.6. The Labute approximate surface area is 185 Å². The molecular weight excluding hydrogens is 424 g/mol. The number of carboxylic acid groups (broad SMARTS) is 1. The number of aliphatic imine (C=N–C) groups is 1. The number of carbonyl (C=O) groups is 5. The van der Waals surface area contributed by atoms with Crippen LogP contribution < -0.4 is 38.9 Å². The molecule has 0 saturated carbocycles. The molecule has 14 heteroatoms. The molecule has 0 rings (SSSR count). The van der Waals surface area contributed by atoms with Gasteiger partial charge in [-0.25, -0.2) is 4.79 Å². The lowest BCUT2D eigenvalue weighted by atomic mass is 10.0. The van der Waals surface area contributed by atoms with E-state index in [-0.39, 0.29) is 25.2 Å². The maximum atomic E-state index is 12.5. The number of carboxylic acids is 1. The maximum Gasteiger partial charge on any atom is 0.326 e. The topological polar surface area (TPSA) is 258 Å². The first-order valence-corrected chi connectivity index (χ1v) is 10.0. The smallest absolute Gasteiger partial charge is 0.326 e. The average molecular weight is 459 g/mol. The third-order valence-electron chi connectivity index (χ3n) is 4.29. The van der Waals surface area contributed by atoms with Gasteiger partial charge in [0.05, 0.1) is 12.6 Å². The number of rotatable bonds is 15. The van der Waals surface area contributed by atoms with E-state index in [1.807, 2.05) is 0 Å². The van der Waals surface area contributed by atoms with Crippen molar-refractivity contribution in [1.29, 1.82) is 0 Å². The van der Waals surface area contributed by atoms with E-state index in [0.717, 1.165) is 0 Å². The fraction of sp³-hybridized carbons (Fsp3) is 0.667. The minimum absolute atomic E-state index is 0.0716. The zero-order valence-electron chi connectivity index (χ0n) is 18.3. The second-order valence-corrected chi connectivity index (χ2v) is 7.47. The van der Waals surface area contributed by atoms with E-state index in [9.17, 15) is 29.1 Å². The molecule has 0 aromatic carbocycles. The van der Waals surface area contributed by atoms with Crippen molar-refractivity contribution in [1.82, 2.24) is 16.0 Å². The second-order valence-electron chi connectivity index (χ2n) is 7.47. The minimum Gasteiger partial charge on any atom is -0.480 e. The number of amides is 4. The summed E-state index contributed by atoms with van der Waals surface area (Å²) in [5.74, 6) is -4.54. The zero-order chi connectivity index (χ0) is 24.8. The molecule has 3 atom stereocenters. The molecule has 0 aliphatic carbocycles. The van der Waals surface area contributed by atoms with Crippen LogP contribution in [0.1, 0.15) is 39.5 Å². The zero-order valence-corrected chi connectivity index (χ0v) is 18.3. The van der Waals surface area contributed by atoms with Crippen LogP contribution >= 0.6 is 0 Å². The maximum absolute atomic E-state index is 12.5. The molecule has 14 nitrogen and oxygen atoms in total. The van der Waals surface area contributed by atoms with Crippen LogP contribution in [-0.4, -0.2) is 71.9 Å². The lowest BCUT2D eigenvalue weighted by Gasteiger charge is -2.23. The van der Waals surface area contributed by atoms with Gasteiger partial charge >= 0.3 is 5.97 Å². The van der Waals surface area contributed by atoms with Gasteiger partial charge in [0.25, 0.3) is 0 Å². The first-order valence-electron chi connectivity index (χ1n) is 10.0. The van der Waals surface area contributed by atoms with Gasteiger partial charge in [-0.3, -0.25) is 24.2 Å². The summed E-state index contributed by atoms with van der Waals surface area (Å²) in [5.41, 5.74) is 21.2. The number of nitrogens with zero attached hydrogens (tertiary/aromatic N) is 1. The highest BCUT2D eigenvalue weighted by atomic mass is 16.4. The fourth-order valence-corrected chi connectivity index (χ4v) is 2.52. The Morgan fingerprint density at radius 3 is 2.09 bits per heavy atom. The molecule has 4 amide bonds. The third kappa shape index (κ3) is 12.3. The van der Waals surface area contributed by atoms with Gasteiger partial charge in [-0.1, -0.05) is 13.8 Å². The van der Waals surface area contributed by atoms with Crippen molar-refractivity contribution in [3.63, 3.8) is 0 Å². The van der Waals surface area contributed by atoms with E-state index in [1.54, 1.807) is 13.8 Å². The largest absolute Gasteiger partial charge is 0.480 e. The summed E-state index contributed by atoms with van der Waals surface area (Å²) in [7, 11) is 0. The van der Waals surface area contributed by atoms with Crippen molar-refractivity contribution >= 4 is 35.6 Å². The third-order valence-corrected chi connectivity index (χ3v) is 4.29. The molecule has 0 aromatic heterocycles. The minimum atomic E-state index is -1.24.